The summed E-state index contributed by atoms with van der Waals surface area (Å²) < 4.78 is 0.746. The SMILES string of the molecule is O=[N+]([O-])c1cc(Br)ccc1CNC1CCN2CCCC12. The van der Waals surface area contributed by atoms with Crippen molar-refractivity contribution in [2.75, 3.05) is 13.1 Å². The molecule has 0 aliphatic carbocycles. The average Bonchev–Trinajstić information content (AvgIpc) is 3.00. The third-order valence-electron chi connectivity index (χ3n) is 4.40. The van der Waals surface area contributed by atoms with E-state index in [1.54, 1.807) is 6.07 Å². The topological polar surface area (TPSA) is 58.4 Å². The van der Waals surface area contributed by atoms with Crippen LogP contribution in [0.5, 0.6) is 0 Å². The number of nitro groups is 1. The Bertz CT molecular complexity index is 523. The number of nitrogens with zero attached hydrogens (tertiary/aromatic N) is 2. The predicted octanol–water partition coefficient (Wildman–Crippen LogP) is 2.68. The third-order valence-corrected chi connectivity index (χ3v) is 4.90. The molecular weight excluding hydrogens is 322 g/mol. The van der Waals surface area contributed by atoms with E-state index in [0.717, 1.165) is 23.0 Å². The van der Waals surface area contributed by atoms with Crippen molar-refractivity contribution in [2.45, 2.75) is 37.9 Å². The summed E-state index contributed by atoms with van der Waals surface area (Å²) in [5.74, 6) is 0. The highest BCUT2D eigenvalue weighted by molar-refractivity contribution is 9.10. The van der Waals surface area contributed by atoms with E-state index < -0.39 is 0 Å². The normalized spacial score (nSPS) is 25.9. The molecule has 5 nitrogen and oxygen atoms in total. The van der Waals surface area contributed by atoms with Crippen molar-refractivity contribution < 1.29 is 4.92 Å². The number of hydrogen-bond donors (Lipinski definition) is 1. The van der Waals surface area contributed by atoms with Crippen LogP contribution in [0.4, 0.5) is 5.69 Å². The summed E-state index contributed by atoms with van der Waals surface area (Å²) in [6.07, 6.45) is 3.68. The van der Waals surface area contributed by atoms with Crippen LogP contribution in [0.3, 0.4) is 0 Å². The maximum absolute atomic E-state index is 11.1. The van der Waals surface area contributed by atoms with Gasteiger partial charge in [-0.05, 0) is 37.9 Å². The van der Waals surface area contributed by atoms with Crippen molar-refractivity contribution >= 4 is 21.6 Å². The van der Waals surface area contributed by atoms with E-state index in [4.69, 9.17) is 0 Å². The molecule has 2 heterocycles. The van der Waals surface area contributed by atoms with E-state index in [0.29, 0.717) is 18.6 Å². The second-order valence-electron chi connectivity index (χ2n) is 5.55. The average molecular weight is 340 g/mol. The summed E-state index contributed by atoms with van der Waals surface area (Å²) in [4.78, 5) is 13.3. The molecule has 0 aromatic heterocycles. The van der Waals surface area contributed by atoms with Crippen LogP contribution in [-0.2, 0) is 6.54 Å². The zero-order valence-electron chi connectivity index (χ0n) is 11.2. The van der Waals surface area contributed by atoms with Gasteiger partial charge in [0.25, 0.3) is 5.69 Å². The van der Waals surface area contributed by atoms with Crippen LogP contribution in [0.25, 0.3) is 0 Å². The molecule has 0 radical (unpaired) electrons. The Hall–Kier alpha value is -0.980. The number of hydrogen-bond acceptors (Lipinski definition) is 4. The van der Waals surface area contributed by atoms with Crippen molar-refractivity contribution in [3.05, 3.63) is 38.3 Å². The van der Waals surface area contributed by atoms with Crippen molar-refractivity contribution in [1.82, 2.24) is 10.2 Å². The summed E-state index contributed by atoms with van der Waals surface area (Å²) >= 11 is 3.29. The van der Waals surface area contributed by atoms with Gasteiger partial charge in [-0.25, -0.2) is 0 Å². The molecule has 2 aliphatic heterocycles. The molecule has 2 fully saturated rings. The molecule has 2 unspecified atom stereocenters. The molecule has 1 aromatic carbocycles. The molecule has 2 atom stereocenters. The molecule has 0 bridgehead atoms. The maximum atomic E-state index is 11.1. The summed E-state index contributed by atoms with van der Waals surface area (Å²) in [6, 6.07) is 6.37. The summed E-state index contributed by atoms with van der Waals surface area (Å²) in [5.41, 5.74) is 0.947. The van der Waals surface area contributed by atoms with Crippen LogP contribution in [-0.4, -0.2) is 35.0 Å². The fraction of sp³-hybridized carbons (Fsp3) is 0.571. The molecule has 20 heavy (non-hydrogen) atoms. The number of nitro benzene ring substituents is 1. The van der Waals surface area contributed by atoms with Crippen molar-refractivity contribution in [3.8, 4) is 0 Å². The zero-order valence-corrected chi connectivity index (χ0v) is 12.8. The second-order valence-corrected chi connectivity index (χ2v) is 6.47. The molecule has 0 amide bonds. The van der Waals surface area contributed by atoms with Gasteiger partial charge >= 0.3 is 0 Å². The lowest BCUT2D eigenvalue weighted by atomic mass is 10.1. The quantitative estimate of drug-likeness (QED) is 0.676. The van der Waals surface area contributed by atoms with E-state index >= 15 is 0 Å². The van der Waals surface area contributed by atoms with E-state index in [1.807, 2.05) is 12.1 Å². The van der Waals surface area contributed by atoms with E-state index in [2.05, 4.69) is 26.1 Å². The van der Waals surface area contributed by atoms with Crippen LogP contribution in [0.2, 0.25) is 0 Å². The second kappa shape index (κ2) is 5.79. The molecule has 0 saturated carbocycles. The largest absolute Gasteiger partial charge is 0.308 e. The first-order valence-corrected chi connectivity index (χ1v) is 7.85. The lowest BCUT2D eigenvalue weighted by Crippen LogP contribution is -2.38. The van der Waals surface area contributed by atoms with Crippen LogP contribution in [0.1, 0.15) is 24.8 Å². The summed E-state index contributed by atoms with van der Waals surface area (Å²) in [6.45, 7) is 2.94. The molecule has 108 valence electrons. The monoisotopic (exact) mass is 339 g/mol. The first-order chi connectivity index (χ1) is 9.65. The van der Waals surface area contributed by atoms with Gasteiger partial charge in [-0.1, -0.05) is 15.9 Å². The Morgan fingerprint density at radius 3 is 3.05 bits per heavy atom. The first-order valence-electron chi connectivity index (χ1n) is 7.05. The minimum atomic E-state index is -0.307. The highest BCUT2D eigenvalue weighted by Crippen LogP contribution is 2.29. The Labute approximate surface area is 126 Å². The smallest absolute Gasteiger partial charge is 0.275 e. The predicted molar refractivity (Wildman–Crippen MR) is 80.6 cm³/mol. The minimum absolute atomic E-state index is 0.188. The maximum Gasteiger partial charge on any atom is 0.275 e. The van der Waals surface area contributed by atoms with Gasteiger partial charge in [0.15, 0.2) is 0 Å². The Morgan fingerprint density at radius 2 is 2.25 bits per heavy atom. The number of nitrogens with one attached hydrogen (secondary N) is 1. The van der Waals surface area contributed by atoms with Crippen molar-refractivity contribution in [2.24, 2.45) is 0 Å². The lowest BCUT2D eigenvalue weighted by Gasteiger charge is -2.21. The Morgan fingerprint density at radius 1 is 1.40 bits per heavy atom. The minimum Gasteiger partial charge on any atom is -0.308 e. The summed E-state index contributed by atoms with van der Waals surface area (Å²) in [7, 11) is 0. The van der Waals surface area contributed by atoms with Gasteiger partial charge in [0.1, 0.15) is 0 Å². The van der Waals surface area contributed by atoms with Crippen LogP contribution in [0, 0.1) is 10.1 Å². The van der Waals surface area contributed by atoms with E-state index in [1.165, 1.54) is 19.4 Å². The van der Waals surface area contributed by atoms with Gasteiger partial charge in [-0.3, -0.25) is 15.0 Å². The number of fused-ring (bicyclic) bond motifs is 1. The Kier molecular flexibility index (Phi) is 4.05. The van der Waals surface area contributed by atoms with Crippen molar-refractivity contribution in [1.29, 1.82) is 0 Å². The molecule has 3 rings (SSSR count). The van der Waals surface area contributed by atoms with Gasteiger partial charge in [0, 0.05) is 41.3 Å². The van der Waals surface area contributed by atoms with E-state index in [9.17, 15) is 10.1 Å². The van der Waals surface area contributed by atoms with Crippen LogP contribution in [0.15, 0.2) is 22.7 Å². The number of rotatable bonds is 4. The highest BCUT2D eigenvalue weighted by atomic mass is 79.9. The Balaban J connectivity index is 1.68. The third kappa shape index (κ3) is 2.73. The highest BCUT2D eigenvalue weighted by Gasteiger charge is 2.36. The zero-order chi connectivity index (χ0) is 14.1. The molecule has 6 heteroatoms. The molecule has 2 aliphatic rings. The van der Waals surface area contributed by atoms with Crippen molar-refractivity contribution in [3.63, 3.8) is 0 Å². The van der Waals surface area contributed by atoms with Gasteiger partial charge in [0.2, 0.25) is 0 Å². The number of benzene rings is 1. The van der Waals surface area contributed by atoms with Crippen LogP contribution >= 0.6 is 15.9 Å². The van der Waals surface area contributed by atoms with E-state index in [-0.39, 0.29) is 10.6 Å². The molecule has 2 saturated heterocycles. The molecule has 1 aromatic rings. The van der Waals surface area contributed by atoms with Gasteiger partial charge in [0.05, 0.1) is 4.92 Å². The fourth-order valence-electron chi connectivity index (χ4n) is 3.42. The molecule has 0 spiro atoms. The molecule has 1 N–H and O–H groups in total. The fourth-order valence-corrected chi connectivity index (χ4v) is 3.77. The number of halogens is 1. The van der Waals surface area contributed by atoms with Gasteiger partial charge in [-0.2, -0.15) is 0 Å². The van der Waals surface area contributed by atoms with Gasteiger partial charge < -0.3 is 5.32 Å². The summed E-state index contributed by atoms with van der Waals surface area (Å²) in [5, 5.41) is 14.6. The lowest BCUT2D eigenvalue weighted by molar-refractivity contribution is -0.385. The van der Waals surface area contributed by atoms with Crippen LogP contribution < -0.4 is 5.32 Å². The standard InChI is InChI=1S/C14H18BrN3O2/c15-11-4-3-10(14(8-11)18(19)20)9-16-12-5-7-17-6-1-2-13(12)17/h3-4,8,12-13,16H,1-2,5-7,9H2. The van der Waals surface area contributed by atoms with Gasteiger partial charge in [-0.15, -0.1) is 0 Å². The molecular formula is C14H18BrN3O2. The first kappa shape index (κ1) is 14.0.